The Morgan fingerprint density at radius 3 is 1.91 bits per heavy atom. The number of nitrogens with zero attached hydrogens (tertiary/aromatic N) is 3. The van der Waals surface area contributed by atoms with E-state index in [0.29, 0.717) is 5.56 Å². The largest absolute Gasteiger partial charge is 0.334 e. The fourth-order valence-electron chi connectivity index (χ4n) is 9.04. The summed E-state index contributed by atoms with van der Waals surface area (Å²) >= 11 is 0. The fraction of sp³-hybridized carbons (Fsp3) is 0.0600. The minimum atomic E-state index is -0.501. The van der Waals surface area contributed by atoms with E-state index in [1.165, 1.54) is 55.5 Å². The van der Waals surface area contributed by atoms with E-state index in [9.17, 15) is 5.26 Å². The molecule has 0 bridgehead atoms. The van der Waals surface area contributed by atoms with E-state index >= 15 is 0 Å². The summed E-state index contributed by atoms with van der Waals surface area (Å²) in [5, 5.41) is 11.0. The van der Waals surface area contributed by atoms with Crippen molar-refractivity contribution in [1.82, 2.24) is 4.57 Å². The number of rotatable bonds is 6. The average molecular weight is 678 g/mol. The lowest BCUT2D eigenvalue weighted by Gasteiger charge is -2.37. The molecule has 3 heteroatoms. The molecule has 3 nitrogen and oxygen atoms in total. The SMILES string of the molecule is N#Cc1ccc(N(c2ccc3c(c2)C(c2ccccc2)(c2ccccc2)c2ccccc2-3)C2C=Cc3c(c4ccccc4n3-c3ccccc3)C2)cc1. The van der Waals surface area contributed by atoms with E-state index in [0.717, 1.165) is 23.5 Å². The van der Waals surface area contributed by atoms with Gasteiger partial charge in [-0.25, -0.2) is 0 Å². The van der Waals surface area contributed by atoms with Crippen molar-refractivity contribution in [3.05, 3.63) is 227 Å². The molecular weight excluding hydrogens is 643 g/mol. The van der Waals surface area contributed by atoms with Gasteiger partial charge in [-0.15, -0.1) is 0 Å². The third-order valence-electron chi connectivity index (χ3n) is 11.3. The minimum Gasteiger partial charge on any atom is -0.334 e. The molecule has 0 fully saturated rings. The van der Waals surface area contributed by atoms with E-state index in [4.69, 9.17) is 0 Å². The van der Waals surface area contributed by atoms with Gasteiger partial charge in [0, 0.05) is 28.1 Å². The van der Waals surface area contributed by atoms with Gasteiger partial charge in [0.1, 0.15) is 0 Å². The quantitative estimate of drug-likeness (QED) is 0.175. The van der Waals surface area contributed by atoms with Crippen molar-refractivity contribution in [2.45, 2.75) is 17.9 Å². The standard InChI is InChI=1S/C50H35N3/c51-34-35-24-26-39(27-25-35)52(40-29-31-49-45(32-40)44-21-11-13-23-48(44)53(49)38-18-8-3-9-19-38)41-28-30-43-42-20-10-12-22-46(42)50(47(43)33-41,36-14-4-1-5-15-36)37-16-6-2-7-17-37/h1-31,33,40H,32H2. The molecular formula is C50H35N3. The third kappa shape index (κ3) is 4.73. The first kappa shape index (κ1) is 30.9. The van der Waals surface area contributed by atoms with Gasteiger partial charge in [0.25, 0.3) is 0 Å². The minimum absolute atomic E-state index is 0.0233. The summed E-state index contributed by atoms with van der Waals surface area (Å²) in [5.74, 6) is 0. The van der Waals surface area contributed by atoms with E-state index in [2.05, 4.69) is 198 Å². The molecule has 1 atom stereocenters. The summed E-state index contributed by atoms with van der Waals surface area (Å²) < 4.78 is 2.39. The molecule has 0 N–H and O–H groups in total. The maximum absolute atomic E-state index is 9.73. The van der Waals surface area contributed by atoms with Crippen LogP contribution in [0.4, 0.5) is 11.4 Å². The first-order chi connectivity index (χ1) is 26.3. The van der Waals surface area contributed by atoms with Gasteiger partial charge in [0.15, 0.2) is 0 Å². The summed E-state index contributed by atoms with van der Waals surface area (Å²) in [6, 6.07) is 67.7. The first-order valence-corrected chi connectivity index (χ1v) is 18.3. The molecule has 250 valence electrons. The number of fused-ring (bicyclic) bond motifs is 6. The second-order valence-electron chi connectivity index (χ2n) is 14.0. The molecule has 53 heavy (non-hydrogen) atoms. The highest BCUT2D eigenvalue weighted by Gasteiger charge is 2.46. The Hall–Kier alpha value is -6.89. The number of aromatic nitrogens is 1. The lowest BCUT2D eigenvalue weighted by molar-refractivity contribution is 0.754. The number of hydrogen-bond donors (Lipinski definition) is 0. The van der Waals surface area contributed by atoms with E-state index in [1.54, 1.807) is 0 Å². The maximum Gasteiger partial charge on any atom is 0.0991 e. The molecule has 2 aliphatic rings. The predicted molar refractivity (Wildman–Crippen MR) is 217 cm³/mol. The first-order valence-electron chi connectivity index (χ1n) is 18.3. The average Bonchev–Trinajstić information content (AvgIpc) is 3.72. The normalized spacial score (nSPS) is 15.0. The van der Waals surface area contributed by atoms with Gasteiger partial charge >= 0.3 is 0 Å². The lowest BCUT2D eigenvalue weighted by atomic mass is 9.67. The number of hydrogen-bond acceptors (Lipinski definition) is 2. The summed E-state index contributed by atoms with van der Waals surface area (Å²) in [6.07, 6.45) is 5.50. The van der Waals surface area contributed by atoms with Crippen LogP contribution in [0, 0.1) is 11.3 Å². The summed E-state index contributed by atoms with van der Waals surface area (Å²) in [6.45, 7) is 0. The van der Waals surface area contributed by atoms with Crippen LogP contribution in [0.1, 0.15) is 39.1 Å². The van der Waals surface area contributed by atoms with Gasteiger partial charge in [-0.2, -0.15) is 5.26 Å². The summed E-state index contributed by atoms with van der Waals surface area (Å²) in [7, 11) is 0. The third-order valence-corrected chi connectivity index (χ3v) is 11.3. The highest BCUT2D eigenvalue weighted by Crippen LogP contribution is 2.57. The Kier molecular flexibility index (Phi) is 7.23. The van der Waals surface area contributed by atoms with Crippen molar-refractivity contribution in [3.63, 3.8) is 0 Å². The van der Waals surface area contributed by atoms with Gasteiger partial charge in [0.05, 0.1) is 28.6 Å². The van der Waals surface area contributed by atoms with Crippen LogP contribution in [0.15, 0.2) is 188 Å². The molecule has 0 amide bonds. The van der Waals surface area contributed by atoms with Crippen molar-refractivity contribution < 1.29 is 0 Å². The number of anilines is 2. The van der Waals surface area contributed by atoms with Crippen LogP contribution >= 0.6 is 0 Å². The molecule has 10 rings (SSSR count). The van der Waals surface area contributed by atoms with Crippen molar-refractivity contribution in [1.29, 1.82) is 5.26 Å². The smallest absolute Gasteiger partial charge is 0.0991 e. The molecule has 1 heterocycles. The molecule has 8 aromatic rings. The molecule has 7 aromatic carbocycles. The highest BCUT2D eigenvalue weighted by atomic mass is 15.2. The monoisotopic (exact) mass is 677 g/mol. The molecule has 0 radical (unpaired) electrons. The van der Waals surface area contributed by atoms with Gasteiger partial charge in [-0.05, 0) is 106 Å². The number of benzene rings is 7. The Morgan fingerprint density at radius 2 is 1.19 bits per heavy atom. The molecule has 1 aromatic heterocycles. The van der Waals surface area contributed by atoms with E-state index in [-0.39, 0.29) is 6.04 Å². The fourth-order valence-corrected chi connectivity index (χ4v) is 9.04. The van der Waals surface area contributed by atoms with Crippen molar-refractivity contribution in [2.75, 3.05) is 4.90 Å². The Morgan fingerprint density at radius 1 is 0.585 bits per heavy atom. The highest BCUT2D eigenvalue weighted by molar-refractivity contribution is 5.92. The maximum atomic E-state index is 9.73. The molecule has 0 aliphatic heterocycles. The molecule has 2 aliphatic carbocycles. The van der Waals surface area contributed by atoms with E-state index < -0.39 is 5.41 Å². The van der Waals surface area contributed by atoms with Crippen molar-refractivity contribution in [2.24, 2.45) is 0 Å². The van der Waals surface area contributed by atoms with Crippen LogP contribution < -0.4 is 4.90 Å². The van der Waals surface area contributed by atoms with Gasteiger partial charge < -0.3 is 9.47 Å². The van der Waals surface area contributed by atoms with Crippen molar-refractivity contribution >= 4 is 28.4 Å². The predicted octanol–water partition coefficient (Wildman–Crippen LogP) is 11.6. The van der Waals surface area contributed by atoms with Gasteiger partial charge in [0.2, 0.25) is 0 Å². The van der Waals surface area contributed by atoms with Crippen LogP contribution in [-0.4, -0.2) is 10.6 Å². The molecule has 0 saturated carbocycles. The van der Waals surface area contributed by atoms with Crippen LogP contribution in [0.25, 0.3) is 33.8 Å². The lowest BCUT2D eigenvalue weighted by Crippen LogP contribution is -2.34. The van der Waals surface area contributed by atoms with Crippen LogP contribution in [0.5, 0.6) is 0 Å². The van der Waals surface area contributed by atoms with Crippen LogP contribution in [0.2, 0.25) is 0 Å². The number of nitriles is 1. The zero-order valence-corrected chi connectivity index (χ0v) is 29.1. The van der Waals surface area contributed by atoms with Crippen molar-refractivity contribution in [3.8, 4) is 22.9 Å². The Labute approximate surface area is 310 Å². The zero-order chi connectivity index (χ0) is 35.4. The second kappa shape index (κ2) is 12.4. The topological polar surface area (TPSA) is 32.0 Å². The molecule has 0 spiro atoms. The Balaban J connectivity index is 1.19. The van der Waals surface area contributed by atoms with E-state index in [1.807, 2.05) is 12.1 Å². The summed E-state index contributed by atoms with van der Waals surface area (Å²) in [5.41, 5.74) is 14.8. The second-order valence-corrected chi connectivity index (χ2v) is 14.0. The Bertz CT molecular complexity index is 2660. The molecule has 1 unspecified atom stereocenters. The van der Waals surface area contributed by atoms with Crippen LogP contribution in [0.3, 0.4) is 0 Å². The summed E-state index contributed by atoms with van der Waals surface area (Å²) in [4.78, 5) is 2.47. The van der Waals surface area contributed by atoms with Gasteiger partial charge in [-0.3, -0.25) is 0 Å². The van der Waals surface area contributed by atoms with Crippen LogP contribution in [-0.2, 0) is 11.8 Å². The zero-order valence-electron chi connectivity index (χ0n) is 29.1. The number of para-hydroxylation sites is 2. The molecule has 0 saturated heterocycles. The van der Waals surface area contributed by atoms with Gasteiger partial charge in [-0.1, -0.05) is 133 Å².